The maximum atomic E-state index is 13.5. The third-order valence-corrected chi connectivity index (χ3v) is 8.51. The molecule has 1 aromatic heterocycles. The first-order valence-corrected chi connectivity index (χ1v) is 14.4. The van der Waals surface area contributed by atoms with Crippen molar-refractivity contribution >= 4 is 39.0 Å². The summed E-state index contributed by atoms with van der Waals surface area (Å²) in [5.74, 6) is -0.646. The summed E-state index contributed by atoms with van der Waals surface area (Å²) in [6, 6.07) is 11.3. The molecule has 0 aliphatic carbocycles. The number of carbonyl (C=O) groups is 2. The lowest BCUT2D eigenvalue weighted by molar-refractivity contribution is -0.125. The molecule has 10 nitrogen and oxygen atoms in total. The summed E-state index contributed by atoms with van der Waals surface area (Å²) in [4.78, 5) is 21.8. The molecule has 1 aliphatic rings. The number of hydrogen-bond donors (Lipinski definition) is 4. The van der Waals surface area contributed by atoms with Crippen molar-refractivity contribution in [3.05, 3.63) is 65.4 Å². The Hall–Kier alpha value is -3.62. The summed E-state index contributed by atoms with van der Waals surface area (Å²) in [6.07, 6.45) is -3.00. The predicted octanol–water partition coefficient (Wildman–Crippen LogP) is 2.54. The topological polar surface area (TPSA) is 141 Å². The molecule has 4 rings (SSSR count). The van der Waals surface area contributed by atoms with Crippen LogP contribution in [-0.4, -0.2) is 79.8 Å². The number of rotatable bonds is 9. The van der Waals surface area contributed by atoms with Crippen molar-refractivity contribution in [1.82, 2.24) is 15.2 Å². The van der Waals surface area contributed by atoms with E-state index in [1.807, 2.05) is 23.8 Å². The van der Waals surface area contributed by atoms with Crippen LogP contribution in [0.1, 0.15) is 28.4 Å². The van der Waals surface area contributed by atoms with Crippen molar-refractivity contribution in [2.45, 2.75) is 44.6 Å². The molecule has 1 amide bonds. The predicted molar refractivity (Wildman–Crippen MR) is 149 cm³/mol. The van der Waals surface area contributed by atoms with Crippen LogP contribution >= 0.6 is 0 Å². The summed E-state index contributed by atoms with van der Waals surface area (Å²) in [5, 5.41) is 23.4. The molecule has 0 radical (unpaired) electrons. The number of carboxylic acid groups (broad SMARTS) is 1. The molecule has 0 unspecified atom stereocenters. The first kappa shape index (κ1) is 31.9. The average molecular weight is 599 g/mol. The third-order valence-electron chi connectivity index (χ3n) is 6.78. The number of aryl methyl sites for hydroxylation is 2. The summed E-state index contributed by atoms with van der Waals surface area (Å²) in [7, 11) is -2.15. The van der Waals surface area contributed by atoms with Crippen LogP contribution in [0.15, 0.2) is 48.7 Å². The number of nitrogens with zero attached hydrogens (tertiary/aromatic N) is 2. The monoisotopic (exact) mass is 598 g/mol. The Labute approximate surface area is 235 Å². The van der Waals surface area contributed by atoms with Gasteiger partial charge in [-0.1, -0.05) is 37.3 Å². The quantitative estimate of drug-likeness (QED) is 0.278. The standard InChI is InChI=1S/C26H31F3N4O4S.CH2O2/c1-3-18-15-33-9-10-38(36,37)32(2)22-13-19(12-20(18)24(22)33)25(35)31-21(11-17-7-5-4-6-8-17)23(34)14-30-16-26(27,28)29;2-1-3/h4-8,12-13,15,21,23,30,34H,3,9-11,14,16H2,1-2H3,(H,31,35);1H,(H,2,3)/t21-,23+;/m0./s1. The Morgan fingerprint density at radius 3 is 2.46 bits per heavy atom. The zero-order valence-corrected chi connectivity index (χ0v) is 23.4. The van der Waals surface area contributed by atoms with Gasteiger partial charge < -0.3 is 25.4 Å². The molecule has 3 aromatic rings. The van der Waals surface area contributed by atoms with E-state index >= 15 is 0 Å². The number of hydrogen-bond acceptors (Lipinski definition) is 6. The van der Waals surface area contributed by atoms with Crippen LogP contribution in [0.3, 0.4) is 0 Å². The van der Waals surface area contributed by atoms with E-state index in [9.17, 15) is 31.5 Å². The second-order valence-electron chi connectivity index (χ2n) is 9.56. The van der Waals surface area contributed by atoms with E-state index in [2.05, 4.69) is 10.6 Å². The van der Waals surface area contributed by atoms with E-state index in [0.29, 0.717) is 12.1 Å². The van der Waals surface area contributed by atoms with Crippen molar-refractivity contribution < 1.29 is 41.4 Å². The molecule has 14 heteroatoms. The number of carbonyl (C=O) groups excluding carboxylic acids is 1. The van der Waals surface area contributed by atoms with E-state index in [4.69, 9.17) is 9.90 Å². The molecule has 4 N–H and O–H groups in total. The van der Waals surface area contributed by atoms with E-state index in [-0.39, 0.29) is 37.3 Å². The third kappa shape index (κ3) is 7.99. The van der Waals surface area contributed by atoms with Gasteiger partial charge in [-0.05, 0) is 36.1 Å². The van der Waals surface area contributed by atoms with Crippen molar-refractivity contribution in [3.8, 4) is 0 Å². The Kier molecular flexibility index (Phi) is 10.4. The van der Waals surface area contributed by atoms with Crippen molar-refractivity contribution in [2.24, 2.45) is 0 Å². The molecule has 0 saturated carbocycles. The van der Waals surface area contributed by atoms with Gasteiger partial charge in [-0.2, -0.15) is 13.2 Å². The van der Waals surface area contributed by atoms with Crippen LogP contribution in [0.2, 0.25) is 0 Å². The van der Waals surface area contributed by atoms with E-state index in [1.165, 1.54) is 17.4 Å². The first-order valence-electron chi connectivity index (χ1n) is 12.8. The average Bonchev–Trinajstić information content (AvgIpc) is 3.24. The van der Waals surface area contributed by atoms with Gasteiger partial charge in [0.1, 0.15) is 0 Å². The number of halogens is 3. The van der Waals surface area contributed by atoms with Gasteiger partial charge in [0, 0.05) is 37.3 Å². The Balaban J connectivity index is 0.00000147. The minimum Gasteiger partial charge on any atom is -0.483 e. The van der Waals surface area contributed by atoms with E-state index in [1.54, 1.807) is 30.3 Å². The molecule has 224 valence electrons. The van der Waals surface area contributed by atoms with Crippen LogP contribution in [0.5, 0.6) is 0 Å². The zero-order chi connectivity index (χ0) is 30.4. The number of sulfonamides is 1. The minimum absolute atomic E-state index is 0.0804. The molecule has 0 saturated heterocycles. The Morgan fingerprint density at radius 2 is 1.85 bits per heavy atom. The number of aromatic nitrogens is 1. The van der Waals surface area contributed by atoms with Gasteiger partial charge in [0.15, 0.2) is 0 Å². The van der Waals surface area contributed by atoms with Crippen LogP contribution in [-0.2, 0) is 34.2 Å². The molecule has 2 aromatic carbocycles. The van der Waals surface area contributed by atoms with Crippen LogP contribution in [0.4, 0.5) is 18.9 Å². The number of anilines is 1. The van der Waals surface area contributed by atoms with Crippen molar-refractivity contribution in [2.75, 3.05) is 30.2 Å². The van der Waals surface area contributed by atoms with Crippen LogP contribution in [0, 0.1) is 0 Å². The summed E-state index contributed by atoms with van der Waals surface area (Å²) < 4.78 is 66.4. The lowest BCUT2D eigenvalue weighted by atomic mass is 10.00. The van der Waals surface area contributed by atoms with Gasteiger partial charge in [0.05, 0.1) is 35.6 Å². The normalized spacial score (nSPS) is 15.8. The van der Waals surface area contributed by atoms with Crippen LogP contribution in [0.25, 0.3) is 10.9 Å². The lowest BCUT2D eigenvalue weighted by Gasteiger charge is -2.25. The number of amides is 1. The number of alkyl halides is 3. The second kappa shape index (κ2) is 13.4. The van der Waals surface area contributed by atoms with Gasteiger partial charge in [0.25, 0.3) is 12.4 Å². The highest BCUT2D eigenvalue weighted by molar-refractivity contribution is 7.92. The van der Waals surface area contributed by atoms with E-state index < -0.39 is 40.8 Å². The summed E-state index contributed by atoms with van der Waals surface area (Å²) >= 11 is 0. The molecule has 0 spiro atoms. The van der Waals surface area contributed by atoms with Crippen LogP contribution < -0.4 is 14.9 Å². The first-order chi connectivity index (χ1) is 19.3. The second-order valence-corrected chi connectivity index (χ2v) is 11.7. The highest BCUT2D eigenvalue weighted by Gasteiger charge is 2.30. The summed E-state index contributed by atoms with van der Waals surface area (Å²) in [6.45, 7) is 0.356. The number of nitrogens with one attached hydrogen (secondary N) is 2. The fraction of sp³-hybridized carbons (Fsp3) is 0.407. The smallest absolute Gasteiger partial charge is 0.401 e. The maximum Gasteiger partial charge on any atom is 0.401 e. The lowest BCUT2D eigenvalue weighted by Crippen LogP contribution is -2.49. The molecule has 41 heavy (non-hydrogen) atoms. The SMILES string of the molecule is CCc1cn2c3c(cc(C(=O)N[C@@H](Cc4ccccc4)[C@H](O)CNCC(F)(F)F)cc13)N(C)S(=O)(=O)CC2.O=CO. The fourth-order valence-electron chi connectivity index (χ4n) is 4.72. The van der Waals surface area contributed by atoms with Gasteiger partial charge in [-0.25, -0.2) is 8.42 Å². The Bertz CT molecular complexity index is 1460. The fourth-order valence-corrected chi connectivity index (χ4v) is 5.86. The summed E-state index contributed by atoms with van der Waals surface area (Å²) in [5.41, 5.74) is 3.03. The Morgan fingerprint density at radius 1 is 1.20 bits per heavy atom. The van der Waals surface area contributed by atoms with Gasteiger partial charge in [-0.3, -0.25) is 13.9 Å². The van der Waals surface area contributed by atoms with Gasteiger partial charge >= 0.3 is 6.18 Å². The number of aliphatic hydroxyl groups is 1. The molecule has 0 bridgehead atoms. The zero-order valence-electron chi connectivity index (χ0n) is 22.6. The largest absolute Gasteiger partial charge is 0.483 e. The molecule has 2 heterocycles. The van der Waals surface area contributed by atoms with Crippen molar-refractivity contribution in [3.63, 3.8) is 0 Å². The van der Waals surface area contributed by atoms with Gasteiger partial charge in [-0.15, -0.1) is 0 Å². The maximum absolute atomic E-state index is 13.5. The van der Waals surface area contributed by atoms with E-state index in [0.717, 1.165) is 22.0 Å². The molecular formula is C27H33F3N4O6S. The molecule has 1 aliphatic heterocycles. The highest BCUT2D eigenvalue weighted by atomic mass is 32.2. The molecule has 0 fully saturated rings. The number of benzene rings is 2. The number of aliphatic hydroxyl groups excluding tert-OH is 1. The minimum atomic E-state index is -4.44. The molecular weight excluding hydrogens is 565 g/mol. The van der Waals surface area contributed by atoms with Gasteiger partial charge in [0.2, 0.25) is 10.0 Å². The highest BCUT2D eigenvalue weighted by Crippen LogP contribution is 2.35. The van der Waals surface area contributed by atoms with Crippen molar-refractivity contribution in [1.29, 1.82) is 0 Å². The molecule has 2 atom stereocenters.